The van der Waals surface area contributed by atoms with Gasteiger partial charge in [0.2, 0.25) is 0 Å². The van der Waals surface area contributed by atoms with Crippen LogP contribution >= 0.6 is 0 Å². The van der Waals surface area contributed by atoms with Gasteiger partial charge in [0.1, 0.15) is 11.8 Å². The molecule has 4 heteroatoms. The molecule has 0 aromatic heterocycles. The molecule has 0 spiro atoms. The molecule has 84 valence electrons. The van der Waals surface area contributed by atoms with Gasteiger partial charge in [-0.3, -0.25) is 4.79 Å². The van der Waals surface area contributed by atoms with Gasteiger partial charge in [0, 0.05) is 7.05 Å². The van der Waals surface area contributed by atoms with Gasteiger partial charge in [0.05, 0.1) is 6.07 Å². The summed E-state index contributed by atoms with van der Waals surface area (Å²) in [4.78, 5) is 12.9. The van der Waals surface area contributed by atoms with Crippen LogP contribution in [0.1, 0.15) is 6.92 Å². The zero-order valence-corrected chi connectivity index (χ0v) is 9.38. The highest BCUT2D eigenvalue weighted by Gasteiger charge is 2.15. The molecule has 0 N–H and O–H groups in total. The standard InChI is InChI=1S/C12H14N2O2/c1-10(8-13)14(2)12(15)9-16-11-6-4-3-5-7-11/h3-7,10H,9H2,1-2H3. The van der Waals surface area contributed by atoms with E-state index in [9.17, 15) is 4.79 Å². The van der Waals surface area contributed by atoms with E-state index in [4.69, 9.17) is 10.00 Å². The number of benzene rings is 1. The molecule has 0 saturated heterocycles. The lowest BCUT2D eigenvalue weighted by molar-refractivity contribution is -0.132. The molecule has 0 bridgehead atoms. The van der Waals surface area contributed by atoms with Gasteiger partial charge in [-0.15, -0.1) is 0 Å². The Morgan fingerprint density at radius 1 is 1.50 bits per heavy atom. The quantitative estimate of drug-likeness (QED) is 0.768. The van der Waals surface area contributed by atoms with Crippen molar-refractivity contribution in [1.82, 2.24) is 4.90 Å². The fourth-order valence-electron chi connectivity index (χ4n) is 1.07. The van der Waals surface area contributed by atoms with Crippen LogP contribution in [0.3, 0.4) is 0 Å². The summed E-state index contributed by atoms with van der Waals surface area (Å²) in [6, 6.07) is 10.7. The minimum absolute atomic E-state index is 0.0491. The van der Waals surface area contributed by atoms with Crippen molar-refractivity contribution in [3.63, 3.8) is 0 Å². The molecule has 0 saturated carbocycles. The minimum Gasteiger partial charge on any atom is -0.484 e. The first-order valence-electron chi connectivity index (χ1n) is 4.98. The lowest BCUT2D eigenvalue weighted by Gasteiger charge is -2.19. The number of nitrogens with zero attached hydrogens (tertiary/aromatic N) is 2. The van der Waals surface area contributed by atoms with E-state index >= 15 is 0 Å². The Balaban J connectivity index is 2.45. The van der Waals surface area contributed by atoms with Crippen molar-refractivity contribution in [3.8, 4) is 11.8 Å². The van der Waals surface area contributed by atoms with E-state index in [-0.39, 0.29) is 12.5 Å². The molecule has 1 aromatic carbocycles. The van der Waals surface area contributed by atoms with Crippen LogP contribution in [-0.4, -0.2) is 30.5 Å². The summed E-state index contributed by atoms with van der Waals surface area (Å²) in [5.41, 5.74) is 0. The number of ether oxygens (including phenoxy) is 1. The van der Waals surface area contributed by atoms with Crippen molar-refractivity contribution in [3.05, 3.63) is 30.3 Å². The van der Waals surface area contributed by atoms with E-state index in [1.807, 2.05) is 24.3 Å². The molecule has 1 atom stereocenters. The van der Waals surface area contributed by atoms with Gasteiger partial charge in [-0.25, -0.2) is 0 Å². The maximum atomic E-state index is 11.6. The zero-order valence-electron chi connectivity index (χ0n) is 9.38. The largest absolute Gasteiger partial charge is 0.484 e. The van der Waals surface area contributed by atoms with Crippen molar-refractivity contribution in [1.29, 1.82) is 5.26 Å². The van der Waals surface area contributed by atoms with Crippen molar-refractivity contribution in [2.24, 2.45) is 0 Å². The molecule has 0 aliphatic carbocycles. The Morgan fingerprint density at radius 3 is 2.69 bits per heavy atom. The smallest absolute Gasteiger partial charge is 0.261 e. The van der Waals surface area contributed by atoms with Crippen LogP contribution in [0.4, 0.5) is 0 Å². The molecule has 0 fully saturated rings. The molecule has 1 amide bonds. The fraction of sp³-hybridized carbons (Fsp3) is 0.333. The second-order valence-corrected chi connectivity index (χ2v) is 3.41. The fourth-order valence-corrected chi connectivity index (χ4v) is 1.07. The van der Waals surface area contributed by atoms with E-state index in [2.05, 4.69) is 0 Å². The average molecular weight is 218 g/mol. The minimum atomic E-state index is -0.438. The molecule has 0 aliphatic rings. The number of hydrogen-bond acceptors (Lipinski definition) is 3. The first kappa shape index (κ1) is 12.1. The molecular weight excluding hydrogens is 204 g/mol. The molecule has 1 rings (SSSR count). The summed E-state index contributed by atoms with van der Waals surface area (Å²) in [7, 11) is 1.59. The number of para-hydroxylation sites is 1. The van der Waals surface area contributed by atoms with Crippen LogP contribution < -0.4 is 4.74 Å². The topological polar surface area (TPSA) is 53.3 Å². The van der Waals surface area contributed by atoms with Crippen LogP contribution in [0.15, 0.2) is 30.3 Å². The highest BCUT2D eigenvalue weighted by molar-refractivity contribution is 5.78. The number of rotatable bonds is 4. The number of nitriles is 1. The van der Waals surface area contributed by atoms with Crippen LogP contribution in [-0.2, 0) is 4.79 Å². The van der Waals surface area contributed by atoms with Crippen molar-refractivity contribution >= 4 is 5.91 Å². The van der Waals surface area contributed by atoms with Gasteiger partial charge < -0.3 is 9.64 Å². The lowest BCUT2D eigenvalue weighted by Crippen LogP contribution is -2.37. The maximum Gasteiger partial charge on any atom is 0.261 e. The van der Waals surface area contributed by atoms with Gasteiger partial charge in [0.15, 0.2) is 6.61 Å². The Kier molecular flexibility index (Phi) is 4.34. The third-order valence-corrected chi connectivity index (χ3v) is 2.27. The number of likely N-dealkylation sites (N-methyl/N-ethyl adjacent to an activating group) is 1. The Labute approximate surface area is 95.0 Å². The summed E-state index contributed by atoms with van der Waals surface area (Å²) in [6.45, 7) is 1.62. The van der Waals surface area contributed by atoms with Crippen LogP contribution in [0.2, 0.25) is 0 Å². The first-order valence-corrected chi connectivity index (χ1v) is 4.98. The molecule has 0 radical (unpaired) electrons. The Morgan fingerprint density at radius 2 is 2.12 bits per heavy atom. The Bertz CT molecular complexity index is 384. The van der Waals surface area contributed by atoms with E-state index in [0.717, 1.165) is 0 Å². The SMILES string of the molecule is CC(C#N)N(C)C(=O)COc1ccccc1. The van der Waals surface area contributed by atoms with Crippen LogP contribution in [0.25, 0.3) is 0 Å². The van der Waals surface area contributed by atoms with Gasteiger partial charge in [-0.1, -0.05) is 18.2 Å². The number of carbonyl (C=O) groups excluding carboxylic acids is 1. The molecule has 4 nitrogen and oxygen atoms in total. The van der Waals surface area contributed by atoms with Crippen LogP contribution in [0.5, 0.6) is 5.75 Å². The van der Waals surface area contributed by atoms with Gasteiger partial charge in [-0.2, -0.15) is 5.26 Å². The highest BCUT2D eigenvalue weighted by atomic mass is 16.5. The van der Waals surface area contributed by atoms with E-state index in [1.54, 1.807) is 26.1 Å². The van der Waals surface area contributed by atoms with Crippen molar-refractivity contribution in [2.75, 3.05) is 13.7 Å². The molecule has 0 aliphatic heterocycles. The monoisotopic (exact) mass is 218 g/mol. The van der Waals surface area contributed by atoms with E-state index in [1.165, 1.54) is 4.90 Å². The molecular formula is C12H14N2O2. The summed E-state index contributed by atoms with van der Waals surface area (Å²) in [6.07, 6.45) is 0. The van der Waals surface area contributed by atoms with Crippen molar-refractivity contribution < 1.29 is 9.53 Å². The third-order valence-electron chi connectivity index (χ3n) is 2.27. The second kappa shape index (κ2) is 5.76. The summed E-state index contributed by atoms with van der Waals surface area (Å²) < 4.78 is 5.28. The Hall–Kier alpha value is -2.02. The lowest BCUT2D eigenvalue weighted by atomic mass is 10.3. The maximum absolute atomic E-state index is 11.6. The normalized spacial score (nSPS) is 11.3. The predicted octanol–water partition coefficient (Wildman–Crippen LogP) is 1.44. The molecule has 0 heterocycles. The summed E-state index contributed by atoms with van der Waals surface area (Å²) >= 11 is 0. The van der Waals surface area contributed by atoms with E-state index in [0.29, 0.717) is 5.75 Å². The van der Waals surface area contributed by atoms with Crippen molar-refractivity contribution in [2.45, 2.75) is 13.0 Å². The number of amides is 1. The number of carbonyl (C=O) groups is 1. The summed E-state index contributed by atoms with van der Waals surface area (Å²) in [5.74, 6) is 0.437. The zero-order chi connectivity index (χ0) is 12.0. The third kappa shape index (κ3) is 3.28. The second-order valence-electron chi connectivity index (χ2n) is 3.41. The van der Waals surface area contributed by atoms with Crippen LogP contribution in [0, 0.1) is 11.3 Å². The molecule has 16 heavy (non-hydrogen) atoms. The highest BCUT2D eigenvalue weighted by Crippen LogP contribution is 2.08. The average Bonchev–Trinajstić information content (AvgIpc) is 2.35. The van der Waals surface area contributed by atoms with E-state index < -0.39 is 6.04 Å². The molecule has 1 aromatic rings. The summed E-state index contributed by atoms with van der Waals surface area (Å²) in [5, 5.41) is 8.65. The van der Waals surface area contributed by atoms with Gasteiger partial charge in [0.25, 0.3) is 5.91 Å². The van der Waals surface area contributed by atoms with Gasteiger partial charge in [-0.05, 0) is 19.1 Å². The first-order chi connectivity index (χ1) is 7.65. The number of hydrogen-bond donors (Lipinski definition) is 0. The predicted molar refractivity (Wildman–Crippen MR) is 59.8 cm³/mol. The van der Waals surface area contributed by atoms with Gasteiger partial charge >= 0.3 is 0 Å². The molecule has 1 unspecified atom stereocenters.